The fourth-order valence-corrected chi connectivity index (χ4v) is 4.20. The van der Waals surface area contributed by atoms with E-state index in [1.165, 1.54) is 22.5 Å². The predicted octanol–water partition coefficient (Wildman–Crippen LogP) is 4.20. The van der Waals surface area contributed by atoms with Crippen LogP contribution in [0.3, 0.4) is 0 Å². The number of hydrogen-bond donors (Lipinski definition) is 0. The molecule has 1 aliphatic heterocycles. The first-order chi connectivity index (χ1) is 16.1. The van der Waals surface area contributed by atoms with E-state index in [1.54, 1.807) is 7.11 Å². The van der Waals surface area contributed by atoms with Crippen LogP contribution in [0.25, 0.3) is 0 Å². The van der Waals surface area contributed by atoms with Crippen molar-refractivity contribution in [3.05, 3.63) is 83.7 Å². The van der Waals surface area contributed by atoms with Crippen molar-refractivity contribution in [3.8, 4) is 5.75 Å². The van der Waals surface area contributed by atoms with Crippen LogP contribution in [-0.2, 0) is 24.4 Å². The molecule has 6 heteroatoms. The predicted molar refractivity (Wildman–Crippen MR) is 134 cm³/mol. The van der Waals surface area contributed by atoms with Crippen molar-refractivity contribution >= 4 is 11.4 Å². The summed E-state index contributed by atoms with van der Waals surface area (Å²) in [4.78, 5) is 11.5. The van der Waals surface area contributed by atoms with Gasteiger partial charge in [-0.1, -0.05) is 24.3 Å². The molecule has 4 rings (SSSR count). The Hall–Kier alpha value is -3.09. The third-order valence-electron chi connectivity index (χ3n) is 5.81. The van der Waals surface area contributed by atoms with E-state index in [2.05, 4.69) is 88.4 Å². The van der Waals surface area contributed by atoms with Gasteiger partial charge in [-0.3, -0.25) is 4.98 Å². The molecule has 0 amide bonds. The Morgan fingerprint density at radius 2 is 1.64 bits per heavy atom. The maximum Gasteiger partial charge on any atom is 0.119 e. The molecular weight excluding hydrogens is 412 g/mol. The number of hydrogen-bond acceptors (Lipinski definition) is 6. The summed E-state index contributed by atoms with van der Waals surface area (Å²) in [5, 5.41) is 0. The number of aromatic nitrogens is 1. The largest absolute Gasteiger partial charge is 0.497 e. The Labute approximate surface area is 197 Å². The highest BCUT2D eigenvalue weighted by molar-refractivity contribution is 5.52. The molecule has 1 saturated heterocycles. The van der Waals surface area contributed by atoms with Crippen molar-refractivity contribution in [3.63, 3.8) is 0 Å². The van der Waals surface area contributed by atoms with Crippen molar-refractivity contribution in [2.75, 3.05) is 57.3 Å². The molecule has 0 atom stereocenters. The molecule has 2 aromatic carbocycles. The molecule has 174 valence electrons. The van der Waals surface area contributed by atoms with Crippen molar-refractivity contribution in [1.82, 2.24) is 9.88 Å². The summed E-state index contributed by atoms with van der Waals surface area (Å²) in [6.45, 7) is 5.86. The van der Waals surface area contributed by atoms with E-state index in [4.69, 9.17) is 9.47 Å². The first-order valence-electron chi connectivity index (χ1n) is 11.5. The minimum Gasteiger partial charge on any atom is -0.497 e. The zero-order chi connectivity index (χ0) is 23.0. The molecule has 0 radical (unpaired) electrons. The second-order valence-corrected chi connectivity index (χ2v) is 8.72. The smallest absolute Gasteiger partial charge is 0.119 e. The van der Waals surface area contributed by atoms with Gasteiger partial charge in [-0.25, -0.2) is 0 Å². The summed E-state index contributed by atoms with van der Waals surface area (Å²) >= 11 is 0. The number of pyridine rings is 1. The fourth-order valence-electron chi connectivity index (χ4n) is 4.20. The van der Waals surface area contributed by atoms with Crippen LogP contribution in [0.2, 0.25) is 0 Å². The summed E-state index contributed by atoms with van der Waals surface area (Å²) in [6.07, 6.45) is 1.91. The summed E-state index contributed by atoms with van der Waals surface area (Å²) in [5.74, 6) is 0.879. The van der Waals surface area contributed by atoms with Gasteiger partial charge in [0.2, 0.25) is 0 Å². The minimum atomic E-state index is 0.782. The molecule has 2 heterocycles. The standard InChI is InChI=1S/C27H34N4O2/c1-29(2)21-24-18-26(10-11-28-24)31(20-23-7-5-9-27(17-23)32-3)19-22-6-4-8-25(16-22)30-12-14-33-15-13-30/h4-11,16-18H,12-15,19-21H2,1-3H3. The second-order valence-electron chi connectivity index (χ2n) is 8.72. The van der Waals surface area contributed by atoms with E-state index in [1.807, 2.05) is 12.3 Å². The Morgan fingerprint density at radius 1 is 0.909 bits per heavy atom. The molecule has 0 spiro atoms. The number of nitrogens with zero attached hydrogens (tertiary/aromatic N) is 4. The summed E-state index contributed by atoms with van der Waals surface area (Å²) in [7, 11) is 5.85. The van der Waals surface area contributed by atoms with Crippen LogP contribution in [0.15, 0.2) is 66.9 Å². The van der Waals surface area contributed by atoms with Gasteiger partial charge in [-0.05, 0) is 61.6 Å². The van der Waals surface area contributed by atoms with Gasteiger partial charge in [-0.15, -0.1) is 0 Å². The van der Waals surface area contributed by atoms with E-state index in [0.717, 1.165) is 57.4 Å². The molecule has 1 aromatic heterocycles. The van der Waals surface area contributed by atoms with Gasteiger partial charge in [0.15, 0.2) is 0 Å². The van der Waals surface area contributed by atoms with E-state index in [-0.39, 0.29) is 0 Å². The van der Waals surface area contributed by atoms with Gasteiger partial charge in [0.1, 0.15) is 5.75 Å². The van der Waals surface area contributed by atoms with Crippen LogP contribution in [0.4, 0.5) is 11.4 Å². The SMILES string of the molecule is COc1cccc(CN(Cc2cccc(N3CCOCC3)c2)c2ccnc(CN(C)C)c2)c1. The number of morpholine rings is 1. The number of anilines is 2. The van der Waals surface area contributed by atoms with Gasteiger partial charge < -0.3 is 24.2 Å². The molecule has 0 aliphatic carbocycles. The van der Waals surface area contributed by atoms with Crippen molar-refractivity contribution in [1.29, 1.82) is 0 Å². The Morgan fingerprint density at radius 3 is 2.36 bits per heavy atom. The summed E-state index contributed by atoms with van der Waals surface area (Å²) in [6, 6.07) is 21.5. The summed E-state index contributed by atoms with van der Waals surface area (Å²) in [5.41, 5.74) is 5.99. The van der Waals surface area contributed by atoms with Gasteiger partial charge in [0.25, 0.3) is 0 Å². The van der Waals surface area contributed by atoms with Crippen LogP contribution in [0, 0.1) is 0 Å². The van der Waals surface area contributed by atoms with Gasteiger partial charge in [0.05, 0.1) is 26.0 Å². The third kappa shape index (κ3) is 6.46. The van der Waals surface area contributed by atoms with E-state index >= 15 is 0 Å². The number of rotatable bonds is 9. The lowest BCUT2D eigenvalue weighted by atomic mass is 10.1. The summed E-state index contributed by atoms with van der Waals surface area (Å²) < 4.78 is 11.0. The minimum absolute atomic E-state index is 0.782. The molecule has 1 aliphatic rings. The number of methoxy groups -OCH3 is 1. The third-order valence-corrected chi connectivity index (χ3v) is 5.81. The topological polar surface area (TPSA) is 41.1 Å². The normalized spacial score (nSPS) is 13.9. The molecule has 0 unspecified atom stereocenters. The maximum absolute atomic E-state index is 5.53. The quantitative estimate of drug-likeness (QED) is 0.491. The van der Waals surface area contributed by atoms with Crippen molar-refractivity contribution in [2.24, 2.45) is 0 Å². The molecule has 3 aromatic rings. The molecule has 0 bridgehead atoms. The maximum atomic E-state index is 5.53. The second kappa shape index (κ2) is 11.2. The Bertz CT molecular complexity index is 1030. The van der Waals surface area contributed by atoms with E-state index in [9.17, 15) is 0 Å². The highest BCUT2D eigenvalue weighted by Gasteiger charge is 2.14. The van der Waals surface area contributed by atoms with E-state index in [0.29, 0.717) is 0 Å². The molecule has 0 saturated carbocycles. The lowest BCUT2D eigenvalue weighted by Crippen LogP contribution is -2.36. The zero-order valence-electron chi connectivity index (χ0n) is 19.9. The van der Waals surface area contributed by atoms with Gasteiger partial charge >= 0.3 is 0 Å². The lowest BCUT2D eigenvalue weighted by molar-refractivity contribution is 0.122. The van der Waals surface area contributed by atoms with Crippen molar-refractivity contribution in [2.45, 2.75) is 19.6 Å². The molecule has 1 fully saturated rings. The molecule has 0 N–H and O–H groups in total. The molecule has 33 heavy (non-hydrogen) atoms. The number of benzene rings is 2. The highest BCUT2D eigenvalue weighted by Crippen LogP contribution is 2.25. The van der Waals surface area contributed by atoms with Gasteiger partial charge in [-0.2, -0.15) is 0 Å². The van der Waals surface area contributed by atoms with E-state index < -0.39 is 0 Å². The molecular formula is C27H34N4O2. The fraction of sp³-hybridized carbons (Fsp3) is 0.370. The van der Waals surface area contributed by atoms with Crippen LogP contribution >= 0.6 is 0 Å². The Balaban J connectivity index is 1.61. The first-order valence-corrected chi connectivity index (χ1v) is 11.5. The van der Waals surface area contributed by atoms with Crippen LogP contribution in [-0.4, -0.2) is 57.4 Å². The van der Waals surface area contributed by atoms with Crippen LogP contribution < -0.4 is 14.5 Å². The van der Waals surface area contributed by atoms with Crippen molar-refractivity contribution < 1.29 is 9.47 Å². The lowest BCUT2D eigenvalue weighted by Gasteiger charge is -2.30. The monoisotopic (exact) mass is 446 g/mol. The molecule has 6 nitrogen and oxygen atoms in total. The van der Waals surface area contributed by atoms with Crippen LogP contribution in [0.5, 0.6) is 5.75 Å². The first kappa shape index (κ1) is 23.1. The Kier molecular flexibility index (Phi) is 7.81. The highest BCUT2D eigenvalue weighted by atomic mass is 16.5. The zero-order valence-corrected chi connectivity index (χ0v) is 19.9. The number of ether oxygens (including phenoxy) is 2. The van der Waals surface area contributed by atoms with Crippen LogP contribution in [0.1, 0.15) is 16.8 Å². The average molecular weight is 447 g/mol. The average Bonchev–Trinajstić information content (AvgIpc) is 2.84. The van der Waals surface area contributed by atoms with Gasteiger partial charge in [0, 0.05) is 50.3 Å².